The molecule has 0 N–H and O–H groups in total. The molecule has 2 atom stereocenters. The first kappa shape index (κ1) is 15.3. The summed E-state index contributed by atoms with van der Waals surface area (Å²) in [6.45, 7) is 7.01. The number of carbonyl (C=O) groups is 1. The van der Waals surface area contributed by atoms with Crippen LogP contribution in [-0.2, 0) is 0 Å². The summed E-state index contributed by atoms with van der Waals surface area (Å²) in [6.07, 6.45) is 1.16. The summed E-state index contributed by atoms with van der Waals surface area (Å²) in [6, 6.07) is 5.22. The highest BCUT2D eigenvalue weighted by atomic mass is 35.5. The standard InChI is InChI=1S/C16H22ClNO2/c1-11-6-7-18(9-12(11)2)10-15(19)13-4-5-16(20-3)14(17)8-13/h4-5,8,11-12H,6-7,9-10H2,1-3H3. The van der Waals surface area contributed by atoms with E-state index in [1.54, 1.807) is 25.3 Å². The predicted octanol–water partition coefficient (Wildman–Crippen LogP) is 3.51. The van der Waals surface area contributed by atoms with E-state index >= 15 is 0 Å². The Morgan fingerprint density at radius 1 is 1.40 bits per heavy atom. The molecule has 0 radical (unpaired) electrons. The van der Waals surface area contributed by atoms with Gasteiger partial charge in [-0.05, 0) is 43.0 Å². The fourth-order valence-electron chi connectivity index (χ4n) is 2.63. The van der Waals surface area contributed by atoms with Gasteiger partial charge in [0.2, 0.25) is 0 Å². The van der Waals surface area contributed by atoms with Crippen molar-refractivity contribution in [2.45, 2.75) is 20.3 Å². The van der Waals surface area contributed by atoms with Gasteiger partial charge in [-0.2, -0.15) is 0 Å². The lowest BCUT2D eigenvalue weighted by Gasteiger charge is -2.34. The Hall–Kier alpha value is -1.06. The SMILES string of the molecule is COc1ccc(C(=O)CN2CCC(C)C(C)C2)cc1Cl. The molecule has 20 heavy (non-hydrogen) atoms. The highest BCUT2D eigenvalue weighted by Crippen LogP contribution is 2.26. The molecule has 2 rings (SSSR count). The second-order valence-corrected chi connectivity index (χ2v) is 6.16. The number of Topliss-reactive ketones (excluding diaryl/α,β-unsaturated/α-hetero) is 1. The number of ether oxygens (including phenoxy) is 1. The Labute approximate surface area is 125 Å². The number of piperidine rings is 1. The van der Waals surface area contributed by atoms with Crippen molar-refractivity contribution < 1.29 is 9.53 Å². The number of ketones is 1. The molecule has 1 aromatic rings. The van der Waals surface area contributed by atoms with Gasteiger partial charge in [-0.25, -0.2) is 0 Å². The van der Waals surface area contributed by atoms with Crippen molar-refractivity contribution in [3.05, 3.63) is 28.8 Å². The zero-order valence-corrected chi connectivity index (χ0v) is 13.1. The maximum atomic E-state index is 12.3. The van der Waals surface area contributed by atoms with Crippen LogP contribution in [0.1, 0.15) is 30.6 Å². The Kier molecular flexibility index (Phi) is 5.06. The Morgan fingerprint density at radius 3 is 2.75 bits per heavy atom. The van der Waals surface area contributed by atoms with Crippen LogP contribution in [0.4, 0.5) is 0 Å². The molecule has 1 saturated heterocycles. The number of likely N-dealkylation sites (tertiary alicyclic amines) is 1. The van der Waals surface area contributed by atoms with Crippen molar-refractivity contribution in [2.24, 2.45) is 11.8 Å². The molecule has 0 aliphatic carbocycles. The molecule has 4 heteroatoms. The highest BCUT2D eigenvalue weighted by Gasteiger charge is 2.24. The van der Waals surface area contributed by atoms with E-state index in [1.165, 1.54) is 0 Å². The molecular formula is C16H22ClNO2. The second-order valence-electron chi connectivity index (χ2n) is 5.75. The molecular weight excluding hydrogens is 274 g/mol. The maximum Gasteiger partial charge on any atom is 0.176 e. The van der Waals surface area contributed by atoms with Crippen molar-refractivity contribution in [1.82, 2.24) is 4.90 Å². The number of hydrogen-bond donors (Lipinski definition) is 0. The lowest BCUT2D eigenvalue weighted by molar-refractivity contribution is 0.0849. The number of hydrogen-bond acceptors (Lipinski definition) is 3. The normalized spacial score (nSPS) is 23.6. The Balaban J connectivity index is 2.00. The molecule has 1 heterocycles. The Bertz CT molecular complexity index is 489. The van der Waals surface area contributed by atoms with Crippen molar-refractivity contribution in [3.63, 3.8) is 0 Å². The van der Waals surface area contributed by atoms with Crippen molar-refractivity contribution in [3.8, 4) is 5.75 Å². The first-order chi connectivity index (χ1) is 9.51. The zero-order valence-electron chi connectivity index (χ0n) is 12.4. The molecule has 1 aromatic carbocycles. The molecule has 0 spiro atoms. The highest BCUT2D eigenvalue weighted by molar-refractivity contribution is 6.32. The van der Waals surface area contributed by atoms with Crippen molar-refractivity contribution in [2.75, 3.05) is 26.7 Å². The number of benzene rings is 1. The first-order valence-electron chi connectivity index (χ1n) is 7.10. The smallest absolute Gasteiger partial charge is 0.176 e. The summed E-state index contributed by atoms with van der Waals surface area (Å²) in [5, 5.41) is 0.485. The van der Waals surface area contributed by atoms with Gasteiger partial charge in [-0.15, -0.1) is 0 Å². The van der Waals surface area contributed by atoms with Gasteiger partial charge < -0.3 is 4.74 Å². The minimum Gasteiger partial charge on any atom is -0.495 e. The lowest BCUT2D eigenvalue weighted by atomic mass is 9.88. The summed E-state index contributed by atoms with van der Waals surface area (Å²) in [4.78, 5) is 14.6. The quantitative estimate of drug-likeness (QED) is 0.796. The van der Waals surface area contributed by atoms with Gasteiger partial charge in [-0.1, -0.05) is 25.4 Å². The van der Waals surface area contributed by atoms with Gasteiger partial charge in [0, 0.05) is 12.1 Å². The average Bonchev–Trinajstić information content (AvgIpc) is 2.42. The Morgan fingerprint density at radius 2 is 2.15 bits per heavy atom. The van der Waals surface area contributed by atoms with Crippen LogP contribution in [0.5, 0.6) is 5.75 Å². The predicted molar refractivity (Wildman–Crippen MR) is 81.7 cm³/mol. The van der Waals surface area contributed by atoms with Gasteiger partial charge in [0.05, 0.1) is 18.7 Å². The van der Waals surface area contributed by atoms with Crippen LogP contribution in [0, 0.1) is 11.8 Å². The third-order valence-electron chi connectivity index (χ3n) is 4.26. The van der Waals surface area contributed by atoms with Crippen LogP contribution < -0.4 is 4.74 Å². The molecule has 1 fully saturated rings. The van der Waals surface area contributed by atoms with Gasteiger partial charge >= 0.3 is 0 Å². The largest absolute Gasteiger partial charge is 0.495 e. The molecule has 2 unspecified atom stereocenters. The van der Waals surface area contributed by atoms with E-state index in [0.717, 1.165) is 25.4 Å². The zero-order chi connectivity index (χ0) is 14.7. The van der Waals surface area contributed by atoms with E-state index < -0.39 is 0 Å². The van der Waals surface area contributed by atoms with Gasteiger partial charge in [0.15, 0.2) is 5.78 Å². The third kappa shape index (κ3) is 3.53. The molecule has 0 bridgehead atoms. The fraction of sp³-hybridized carbons (Fsp3) is 0.562. The molecule has 110 valence electrons. The van der Waals surface area contributed by atoms with Crippen LogP contribution in [0.3, 0.4) is 0 Å². The number of carbonyl (C=O) groups excluding carboxylic acids is 1. The molecule has 3 nitrogen and oxygen atoms in total. The summed E-state index contributed by atoms with van der Waals surface area (Å²) < 4.78 is 5.10. The minimum absolute atomic E-state index is 0.122. The third-order valence-corrected chi connectivity index (χ3v) is 4.55. The number of nitrogens with zero attached hydrogens (tertiary/aromatic N) is 1. The summed E-state index contributed by atoms with van der Waals surface area (Å²) >= 11 is 6.07. The van der Waals surface area contributed by atoms with Crippen LogP contribution in [0.25, 0.3) is 0 Å². The van der Waals surface area contributed by atoms with E-state index in [2.05, 4.69) is 18.7 Å². The number of halogens is 1. The minimum atomic E-state index is 0.122. The average molecular weight is 296 g/mol. The van der Waals surface area contributed by atoms with Crippen LogP contribution in [-0.4, -0.2) is 37.4 Å². The summed E-state index contributed by atoms with van der Waals surface area (Å²) in [5.74, 6) is 2.12. The van der Waals surface area contributed by atoms with E-state index in [-0.39, 0.29) is 5.78 Å². The molecule has 0 saturated carbocycles. The van der Waals surface area contributed by atoms with E-state index in [1.807, 2.05) is 0 Å². The molecule has 0 aromatic heterocycles. The summed E-state index contributed by atoms with van der Waals surface area (Å²) in [5.41, 5.74) is 0.655. The lowest BCUT2D eigenvalue weighted by Crippen LogP contribution is -2.41. The summed E-state index contributed by atoms with van der Waals surface area (Å²) in [7, 11) is 1.57. The van der Waals surface area contributed by atoms with Crippen molar-refractivity contribution in [1.29, 1.82) is 0 Å². The van der Waals surface area contributed by atoms with E-state index in [4.69, 9.17) is 16.3 Å². The number of methoxy groups -OCH3 is 1. The van der Waals surface area contributed by atoms with Crippen LogP contribution in [0.2, 0.25) is 5.02 Å². The molecule has 1 aliphatic rings. The topological polar surface area (TPSA) is 29.5 Å². The second kappa shape index (κ2) is 6.59. The van der Waals surface area contributed by atoms with E-state index in [0.29, 0.717) is 28.8 Å². The number of rotatable bonds is 4. The van der Waals surface area contributed by atoms with E-state index in [9.17, 15) is 4.79 Å². The fourth-order valence-corrected chi connectivity index (χ4v) is 2.88. The van der Waals surface area contributed by atoms with Gasteiger partial charge in [0.25, 0.3) is 0 Å². The molecule has 1 aliphatic heterocycles. The first-order valence-corrected chi connectivity index (χ1v) is 7.48. The maximum absolute atomic E-state index is 12.3. The monoisotopic (exact) mass is 295 g/mol. The van der Waals surface area contributed by atoms with Gasteiger partial charge in [-0.3, -0.25) is 9.69 Å². The van der Waals surface area contributed by atoms with Crippen LogP contribution >= 0.6 is 11.6 Å². The van der Waals surface area contributed by atoms with Crippen LogP contribution in [0.15, 0.2) is 18.2 Å². The molecule has 0 amide bonds. The van der Waals surface area contributed by atoms with Crippen molar-refractivity contribution >= 4 is 17.4 Å². The van der Waals surface area contributed by atoms with Gasteiger partial charge in [0.1, 0.15) is 5.75 Å².